The molecule has 2 heterocycles. The highest BCUT2D eigenvalue weighted by Gasteiger charge is 2.38. The molecule has 2 fully saturated rings. The zero-order valence-corrected chi connectivity index (χ0v) is 18.0. The molecule has 0 bridgehead atoms. The molecule has 5 rings (SSSR count). The van der Waals surface area contributed by atoms with Gasteiger partial charge in [0.2, 0.25) is 0 Å². The molecule has 3 aromatic rings. The predicted octanol–water partition coefficient (Wildman–Crippen LogP) is 5.07. The maximum Gasteiger partial charge on any atom is 0.163 e. The maximum absolute atomic E-state index is 6.36. The third-order valence-electron chi connectivity index (χ3n) is 6.01. The van der Waals surface area contributed by atoms with Gasteiger partial charge in [-0.3, -0.25) is 0 Å². The summed E-state index contributed by atoms with van der Waals surface area (Å²) in [6.07, 6.45) is 3.90. The number of halogens is 2. The quantitative estimate of drug-likeness (QED) is 0.572. The van der Waals surface area contributed by atoms with Crippen molar-refractivity contribution in [3.8, 4) is 11.5 Å². The second-order valence-electron chi connectivity index (χ2n) is 7.89. The van der Waals surface area contributed by atoms with Crippen LogP contribution in [0.5, 0.6) is 11.5 Å². The fourth-order valence-electron chi connectivity index (χ4n) is 4.51. The molecule has 1 aliphatic carbocycles. The van der Waals surface area contributed by atoms with E-state index < -0.39 is 0 Å². The summed E-state index contributed by atoms with van der Waals surface area (Å²) in [7, 11) is 1.65. The van der Waals surface area contributed by atoms with E-state index in [1.54, 1.807) is 19.2 Å². The van der Waals surface area contributed by atoms with Gasteiger partial charge in [0.05, 0.1) is 28.8 Å². The van der Waals surface area contributed by atoms with Crippen LogP contribution in [0.15, 0.2) is 36.7 Å². The topological polar surface area (TPSA) is 68.3 Å². The summed E-state index contributed by atoms with van der Waals surface area (Å²) in [6, 6.07) is 9.21. The van der Waals surface area contributed by atoms with E-state index in [1.807, 2.05) is 18.2 Å². The van der Waals surface area contributed by atoms with E-state index in [0.29, 0.717) is 33.4 Å². The molecule has 1 aromatic heterocycles. The van der Waals surface area contributed by atoms with Gasteiger partial charge in [0.15, 0.2) is 11.5 Å². The van der Waals surface area contributed by atoms with Crippen LogP contribution in [-0.2, 0) is 0 Å². The number of nitrogens with one attached hydrogen (secondary N) is 2. The van der Waals surface area contributed by atoms with Gasteiger partial charge in [0.25, 0.3) is 0 Å². The number of fused-ring (bicyclic) bond motifs is 2. The van der Waals surface area contributed by atoms with Gasteiger partial charge in [0.1, 0.15) is 12.1 Å². The fraction of sp³-hybridized carbons (Fsp3) is 0.364. The van der Waals surface area contributed by atoms with Crippen molar-refractivity contribution in [2.24, 2.45) is 11.8 Å². The van der Waals surface area contributed by atoms with Crippen LogP contribution in [0.3, 0.4) is 0 Å². The molecule has 1 saturated carbocycles. The highest BCUT2D eigenvalue weighted by molar-refractivity contribution is 6.42. The number of methoxy groups -OCH3 is 1. The van der Waals surface area contributed by atoms with E-state index in [-0.39, 0.29) is 6.10 Å². The summed E-state index contributed by atoms with van der Waals surface area (Å²) in [5.41, 5.74) is 1.57. The number of nitrogens with zero attached hydrogens (tertiary/aromatic N) is 2. The molecule has 8 heteroatoms. The van der Waals surface area contributed by atoms with Crippen molar-refractivity contribution in [1.29, 1.82) is 0 Å². The van der Waals surface area contributed by atoms with E-state index >= 15 is 0 Å². The third kappa shape index (κ3) is 3.75. The highest BCUT2D eigenvalue weighted by Crippen LogP contribution is 2.40. The van der Waals surface area contributed by atoms with E-state index in [2.05, 4.69) is 20.6 Å². The van der Waals surface area contributed by atoms with Crippen LogP contribution in [0.4, 0.5) is 11.5 Å². The van der Waals surface area contributed by atoms with Crippen molar-refractivity contribution in [1.82, 2.24) is 15.3 Å². The summed E-state index contributed by atoms with van der Waals surface area (Å²) in [5, 5.41) is 8.57. The molecular weight excluding hydrogens is 423 g/mol. The largest absolute Gasteiger partial charge is 0.493 e. The average Bonchev–Trinajstić information content (AvgIpc) is 3.32. The van der Waals surface area contributed by atoms with Gasteiger partial charge < -0.3 is 20.1 Å². The van der Waals surface area contributed by atoms with Crippen LogP contribution >= 0.6 is 23.2 Å². The summed E-state index contributed by atoms with van der Waals surface area (Å²) in [6.45, 7) is 2.19. The predicted molar refractivity (Wildman–Crippen MR) is 119 cm³/mol. The van der Waals surface area contributed by atoms with Crippen molar-refractivity contribution >= 4 is 45.6 Å². The molecule has 0 amide bonds. The van der Waals surface area contributed by atoms with Gasteiger partial charge in [-0.1, -0.05) is 23.2 Å². The van der Waals surface area contributed by atoms with E-state index in [1.165, 1.54) is 6.33 Å². The number of aromatic nitrogens is 2. The zero-order chi connectivity index (χ0) is 20.7. The van der Waals surface area contributed by atoms with E-state index in [4.69, 9.17) is 32.7 Å². The van der Waals surface area contributed by atoms with Gasteiger partial charge >= 0.3 is 0 Å². The molecule has 0 spiro atoms. The summed E-state index contributed by atoms with van der Waals surface area (Å²) >= 11 is 12.2. The first-order valence-corrected chi connectivity index (χ1v) is 10.8. The Kier molecular flexibility index (Phi) is 5.31. The van der Waals surface area contributed by atoms with Gasteiger partial charge in [-0.15, -0.1) is 0 Å². The number of anilines is 2. The van der Waals surface area contributed by atoms with Crippen LogP contribution < -0.4 is 20.1 Å². The number of hydrogen-bond acceptors (Lipinski definition) is 6. The zero-order valence-electron chi connectivity index (χ0n) is 16.5. The van der Waals surface area contributed by atoms with Crippen LogP contribution in [0.25, 0.3) is 10.9 Å². The fourth-order valence-corrected chi connectivity index (χ4v) is 4.81. The summed E-state index contributed by atoms with van der Waals surface area (Å²) in [5.74, 6) is 3.48. The van der Waals surface area contributed by atoms with Gasteiger partial charge in [-0.2, -0.15) is 0 Å². The molecule has 30 heavy (non-hydrogen) atoms. The van der Waals surface area contributed by atoms with E-state index in [9.17, 15) is 0 Å². The maximum atomic E-state index is 6.36. The smallest absolute Gasteiger partial charge is 0.163 e. The monoisotopic (exact) mass is 444 g/mol. The average molecular weight is 445 g/mol. The van der Waals surface area contributed by atoms with Crippen LogP contribution in [0, 0.1) is 11.8 Å². The SMILES string of the molecule is COc1cc2c(Nc3ccc(Cl)c(Cl)c3)ncnc2cc1O[C@@H]1C[C@H]2CNC[C@H]2C1. The number of hydrogen-bond donors (Lipinski definition) is 2. The Morgan fingerprint density at radius 2 is 1.80 bits per heavy atom. The first kappa shape index (κ1) is 19.7. The Bertz CT molecular complexity index is 1080. The Morgan fingerprint density at radius 1 is 1.00 bits per heavy atom. The summed E-state index contributed by atoms with van der Waals surface area (Å²) < 4.78 is 12.0. The lowest BCUT2D eigenvalue weighted by Crippen LogP contribution is -2.18. The van der Waals surface area contributed by atoms with Crippen molar-refractivity contribution < 1.29 is 9.47 Å². The molecule has 2 aromatic carbocycles. The second kappa shape index (κ2) is 8.10. The van der Waals surface area contributed by atoms with E-state index in [0.717, 1.165) is 48.3 Å². The molecule has 6 nitrogen and oxygen atoms in total. The minimum atomic E-state index is 0.212. The normalized spacial score (nSPS) is 22.8. The van der Waals surface area contributed by atoms with Gasteiger partial charge in [-0.05, 0) is 62.0 Å². The number of benzene rings is 2. The lowest BCUT2D eigenvalue weighted by molar-refractivity contribution is 0.191. The minimum absolute atomic E-state index is 0.212. The first-order chi connectivity index (χ1) is 14.6. The molecule has 2 aliphatic rings. The third-order valence-corrected chi connectivity index (χ3v) is 6.75. The molecule has 0 radical (unpaired) electrons. The van der Waals surface area contributed by atoms with Crippen molar-refractivity contribution in [2.45, 2.75) is 18.9 Å². The molecule has 1 aliphatic heterocycles. The van der Waals surface area contributed by atoms with Crippen molar-refractivity contribution in [2.75, 3.05) is 25.5 Å². The van der Waals surface area contributed by atoms with Crippen LogP contribution in [0.2, 0.25) is 10.0 Å². The minimum Gasteiger partial charge on any atom is -0.493 e. The standard InChI is InChI=1S/C22H22Cl2N4O2/c1-29-20-7-16-19(8-21(20)30-15-4-12-9-25-10-13(12)5-15)26-11-27-22(16)28-14-2-3-17(23)18(24)6-14/h2-3,6-8,11-13,15,25H,4-5,9-10H2,1H3,(H,26,27,28)/t12-,13+,15+. The second-order valence-corrected chi connectivity index (χ2v) is 8.70. The van der Waals surface area contributed by atoms with Gasteiger partial charge in [-0.25, -0.2) is 9.97 Å². The summed E-state index contributed by atoms with van der Waals surface area (Å²) in [4.78, 5) is 8.84. The van der Waals surface area contributed by atoms with Crippen LogP contribution in [-0.4, -0.2) is 36.3 Å². The molecule has 1 saturated heterocycles. The lowest BCUT2D eigenvalue weighted by atomic mass is 10.0. The Balaban J connectivity index is 1.44. The van der Waals surface area contributed by atoms with Crippen molar-refractivity contribution in [3.63, 3.8) is 0 Å². The Morgan fingerprint density at radius 3 is 2.53 bits per heavy atom. The first-order valence-electron chi connectivity index (χ1n) is 10.0. The van der Waals surface area contributed by atoms with Crippen LogP contribution in [0.1, 0.15) is 12.8 Å². The number of rotatable bonds is 5. The van der Waals surface area contributed by atoms with Crippen molar-refractivity contribution in [3.05, 3.63) is 46.7 Å². The lowest BCUT2D eigenvalue weighted by Gasteiger charge is -2.18. The Labute approximate surface area is 184 Å². The number of ether oxygens (including phenoxy) is 2. The molecule has 2 N–H and O–H groups in total. The molecular formula is C22H22Cl2N4O2. The highest BCUT2D eigenvalue weighted by atomic mass is 35.5. The Hall–Kier alpha value is -2.28. The molecule has 3 atom stereocenters. The molecule has 0 unspecified atom stereocenters. The van der Waals surface area contributed by atoms with Gasteiger partial charge in [0, 0.05) is 17.1 Å². The molecule has 156 valence electrons.